The summed E-state index contributed by atoms with van der Waals surface area (Å²) in [6, 6.07) is 25.1. The Morgan fingerprint density at radius 1 is 0.939 bits per heavy atom. The molecule has 0 saturated carbocycles. The van der Waals surface area contributed by atoms with Crippen LogP contribution in [0.2, 0.25) is 4.34 Å². The van der Waals surface area contributed by atoms with Crippen LogP contribution in [-0.2, 0) is 0 Å². The molecule has 0 amide bonds. The molecule has 3 heterocycles. The second-order valence-corrected chi connectivity index (χ2v) is 9.54. The third-order valence-electron chi connectivity index (χ3n) is 5.39. The molecule has 0 spiro atoms. The van der Waals surface area contributed by atoms with Crippen LogP contribution in [0.3, 0.4) is 0 Å². The summed E-state index contributed by atoms with van der Waals surface area (Å²) in [5.41, 5.74) is 1.89. The summed E-state index contributed by atoms with van der Waals surface area (Å²) in [5.74, 6) is 2.26. The first-order chi connectivity index (χ1) is 16.1. The highest BCUT2D eigenvalue weighted by Crippen LogP contribution is 2.44. The van der Waals surface area contributed by atoms with Crippen LogP contribution in [0.15, 0.2) is 85.1 Å². The number of thiophene rings is 1. The molecule has 0 radical (unpaired) electrons. The van der Waals surface area contributed by atoms with Crippen molar-refractivity contribution in [2.45, 2.75) is 12.1 Å². The van der Waals surface area contributed by atoms with Gasteiger partial charge < -0.3 is 19.7 Å². The molecule has 1 N–H and O–H groups in total. The molecule has 2 atom stereocenters. The van der Waals surface area contributed by atoms with E-state index in [1.54, 1.807) is 24.6 Å². The van der Waals surface area contributed by atoms with Crippen molar-refractivity contribution in [3.63, 3.8) is 0 Å². The van der Waals surface area contributed by atoms with E-state index in [4.69, 9.17) is 33.3 Å². The maximum Gasteiger partial charge on any atom is 0.174 e. The molecule has 1 aliphatic heterocycles. The number of nitrogens with one attached hydrogen (secondary N) is 1. The first-order valence-electron chi connectivity index (χ1n) is 10.3. The Labute approximate surface area is 206 Å². The minimum Gasteiger partial charge on any atom is -0.497 e. The van der Waals surface area contributed by atoms with Gasteiger partial charge in [-0.05, 0) is 85.0 Å². The van der Waals surface area contributed by atoms with Gasteiger partial charge in [0.05, 0.1) is 29.2 Å². The summed E-state index contributed by atoms with van der Waals surface area (Å²) in [7, 11) is 1.64. The highest BCUT2D eigenvalue weighted by Gasteiger charge is 2.41. The monoisotopic (exact) mass is 493 g/mol. The van der Waals surface area contributed by atoms with Crippen molar-refractivity contribution in [2.75, 3.05) is 12.0 Å². The van der Waals surface area contributed by atoms with E-state index < -0.39 is 0 Å². The van der Waals surface area contributed by atoms with Gasteiger partial charge in [0.15, 0.2) is 5.11 Å². The van der Waals surface area contributed by atoms with Gasteiger partial charge in [0.1, 0.15) is 17.2 Å². The minimum absolute atomic E-state index is 0.0711. The number of rotatable bonds is 6. The summed E-state index contributed by atoms with van der Waals surface area (Å²) < 4.78 is 11.9. The molecule has 0 bridgehead atoms. The third-order valence-corrected chi connectivity index (χ3v) is 7.01. The summed E-state index contributed by atoms with van der Waals surface area (Å²) in [6.45, 7) is 0. The molecule has 1 fully saturated rings. The maximum atomic E-state index is 6.29. The molecule has 0 unspecified atom stereocenters. The lowest BCUT2D eigenvalue weighted by Crippen LogP contribution is -2.28. The maximum absolute atomic E-state index is 6.29. The predicted molar refractivity (Wildman–Crippen MR) is 137 cm³/mol. The van der Waals surface area contributed by atoms with Crippen LogP contribution in [0.4, 0.5) is 5.69 Å². The van der Waals surface area contributed by atoms with Crippen LogP contribution < -0.4 is 19.7 Å². The average Bonchev–Trinajstić information content (AvgIpc) is 3.43. The summed E-state index contributed by atoms with van der Waals surface area (Å²) in [6.07, 6.45) is 1.80. The van der Waals surface area contributed by atoms with Crippen LogP contribution in [0.25, 0.3) is 0 Å². The molecule has 1 saturated heterocycles. The standard InChI is InChI=1S/C25H20ClN3O2S2/c1-30-17-9-11-19(12-10-17)31-18-7-5-16(6-8-18)29-24(21-13-14-22(26)33-21)23(28-25(29)32)20-4-2-3-15-27-20/h2-15,23-24H,1H3,(H,28,32)/t23-,24-/m0/s1. The lowest BCUT2D eigenvalue weighted by atomic mass is 10.0. The van der Waals surface area contributed by atoms with Gasteiger partial charge in [-0.25, -0.2) is 0 Å². The van der Waals surface area contributed by atoms with E-state index in [2.05, 4.69) is 21.3 Å². The van der Waals surface area contributed by atoms with E-state index in [0.717, 1.165) is 37.8 Å². The number of nitrogens with zero attached hydrogens (tertiary/aromatic N) is 2. The van der Waals surface area contributed by atoms with Crippen molar-refractivity contribution in [3.05, 3.63) is 100.0 Å². The number of benzene rings is 2. The van der Waals surface area contributed by atoms with Gasteiger partial charge in [0.25, 0.3) is 0 Å². The lowest BCUT2D eigenvalue weighted by molar-refractivity contribution is 0.413. The normalized spacial score (nSPS) is 17.6. The number of hydrogen-bond acceptors (Lipinski definition) is 5. The second-order valence-electron chi connectivity index (χ2n) is 7.41. The Morgan fingerprint density at radius 3 is 2.24 bits per heavy atom. The van der Waals surface area contributed by atoms with Gasteiger partial charge in [0.2, 0.25) is 0 Å². The molecule has 2 aromatic carbocycles. The molecule has 1 aliphatic rings. The highest BCUT2D eigenvalue weighted by atomic mass is 35.5. The molecular formula is C25H20ClN3O2S2. The summed E-state index contributed by atoms with van der Waals surface area (Å²) in [5, 5.41) is 4.10. The van der Waals surface area contributed by atoms with Crippen molar-refractivity contribution in [3.8, 4) is 17.2 Å². The molecule has 4 aromatic rings. The van der Waals surface area contributed by atoms with Gasteiger partial charge in [-0.3, -0.25) is 4.98 Å². The SMILES string of the molecule is COc1ccc(Oc2ccc(N3C(=S)N[C@@H](c4ccccn4)[C@@H]3c3ccc(Cl)s3)cc2)cc1. The second kappa shape index (κ2) is 9.39. The Balaban J connectivity index is 1.44. The summed E-state index contributed by atoms with van der Waals surface area (Å²) in [4.78, 5) is 7.80. The van der Waals surface area contributed by atoms with Gasteiger partial charge in [-0.15, -0.1) is 11.3 Å². The van der Waals surface area contributed by atoms with E-state index >= 15 is 0 Å². The van der Waals surface area contributed by atoms with E-state index in [-0.39, 0.29) is 12.1 Å². The van der Waals surface area contributed by atoms with E-state index in [0.29, 0.717) is 5.11 Å². The van der Waals surface area contributed by atoms with Gasteiger partial charge in [-0.1, -0.05) is 17.7 Å². The van der Waals surface area contributed by atoms with Crippen LogP contribution in [0.5, 0.6) is 17.2 Å². The van der Waals surface area contributed by atoms with Crippen molar-refractivity contribution < 1.29 is 9.47 Å². The highest BCUT2D eigenvalue weighted by molar-refractivity contribution is 7.80. The average molecular weight is 494 g/mol. The Bertz CT molecular complexity index is 1250. The fourth-order valence-corrected chi connectivity index (χ4v) is 5.40. The smallest absolute Gasteiger partial charge is 0.174 e. The number of hydrogen-bond donors (Lipinski definition) is 1. The van der Waals surface area contributed by atoms with E-state index in [1.165, 1.54) is 0 Å². The van der Waals surface area contributed by atoms with Crippen LogP contribution in [0.1, 0.15) is 22.7 Å². The van der Waals surface area contributed by atoms with Crippen molar-refractivity contribution in [1.82, 2.24) is 10.3 Å². The van der Waals surface area contributed by atoms with E-state index in [1.807, 2.05) is 72.8 Å². The third kappa shape index (κ3) is 4.53. The molecule has 5 nitrogen and oxygen atoms in total. The van der Waals surface area contributed by atoms with Crippen molar-refractivity contribution >= 4 is 46.0 Å². The zero-order valence-corrected chi connectivity index (χ0v) is 20.0. The Kier molecular flexibility index (Phi) is 6.17. The molecule has 166 valence electrons. The van der Waals surface area contributed by atoms with Gasteiger partial charge in [-0.2, -0.15) is 0 Å². The van der Waals surface area contributed by atoms with Gasteiger partial charge in [0, 0.05) is 16.8 Å². The molecule has 5 rings (SSSR count). The molecule has 0 aliphatic carbocycles. The van der Waals surface area contributed by atoms with Gasteiger partial charge >= 0.3 is 0 Å². The predicted octanol–water partition coefficient (Wildman–Crippen LogP) is 6.77. The van der Waals surface area contributed by atoms with Crippen LogP contribution in [-0.4, -0.2) is 17.2 Å². The van der Waals surface area contributed by atoms with Crippen molar-refractivity contribution in [2.24, 2.45) is 0 Å². The number of aromatic nitrogens is 1. The molecule has 33 heavy (non-hydrogen) atoms. The lowest BCUT2D eigenvalue weighted by Gasteiger charge is -2.27. The Morgan fingerprint density at radius 2 is 1.64 bits per heavy atom. The van der Waals surface area contributed by atoms with E-state index in [9.17, 15) is 0 Å². The summed E-state index contributed by atoms with van der Waals surface area (Å²) >= 11 is 13.6. The Hall–Kier alpha value is -3.13. The topological polar surface area (TPSA) is 46.6 Å². The zero-order valence-electron chi connectivity index (χ0n) is 17.6. The molecular weight excluding hydrogens is 474 g/mol. The zero-order chi connectivity index (χ0) is 22.8. The number of thiocarbonyl (C=S) groups is 1. The van der Waals surface area contributed by atoms with Crippen LogP contribution in [0, 0.1) is 0 Å². The number of ether oxygens (including phenoxy) is 2. The number of pyridine rings is 1. The minimum atomic E-state index is -0.0938. The number of halogens is 1. The first-order valence-corrected chi connectivity index (χ1v) is 11.9. The largest absolute Gasteiger partial charge is 0.497 e. The van der Waals surface area contributed by atoms with Crippen molar-refractivity contribution in [1.29, 1.82) is 0 Å². The molecule has 8 heteroatoms. The molecule has 2 aromatic heterocycles. The fourth-order valence-electron chi connectivity index (χ4n) is 3.86. The quantitative estimate of drug-likeness (QED) is 0.299. The van der Waals surface area contributed by atoms with Crippen LogP contribution >= 0.6 is 35.2 Å². The fraction of sp³-hybridized carbons (Fsp3) is 0.120. The first kappa shape index (κ1) is 21.7. The number of methoxy groups -OCH3 is 1. The number of anilines is 1.